The third kappa shape index (κ3) is 2.60. The van der Waals surface area contributed by atoms with E-state index < -0.39 is 5.97 Å². The van der Waals surface area contributed by atoms with Crippen LogP contribution in [0.15, 0.2) is 24.3 Å². The van der Waals surface area contributed by atoms with Crippen molar-refractivity contribution >= 4 is 11.7 Å². The Labute approximate surface area is 102 Å². The fourth-order valence-corrected chi connectivity index (χ4v) is 2.79. The van der Waals surface area contributed by atoms with Crippen LogP contribution in [-0.2, 0) is 0 Å². The monoisotopic (exact) mass is 233 g/mol. The van der Waals surface area contributed by atoms with E-state index in [-0.39, 0.29) is 0 Å². The minimum atomic E-state index is -0.841. The van der Waals surface area contributed by atoms with Gasteiger partial charge in [0.15, 0.2) is 0 Å². The minimum absolute atomic E-state index is 0.411. The Balaban J connectivity index is 2.30. The number of piperidine rings is 1. The topological polar surface area (TPSA) is 40.5 Å². The predicted molar refractivity (Wildman–Crippen MR) is 68.6 cm³/mol. The van der Waals surface area contributed by atoms with Gasteiger partial charge < -0.3 is 10.0 Å². The first-order valence-corrected chi connectivity index (χ1v) is 6.15. The predicted octanol–water partition coefficient (Wildman–Crippen LogP) is 2.87. The molecule has 1 aliphatic rings. The molecule has 1 aromatic rings. The SMILES string of the molecule is C[C@H]1C[C@H](C)CN(c2ccccc2C(=O)O)C1. The zero-order valence-corrected chi connectivity index (χ0v) is 10.4. The summed E-state index contributed by atoms with van der Waals surface area (Å²) in [6.45, 7) is 6.36. The Hall–Kier alpha value is -1.51. The van der Waals surface area contributed by atoms with E-state index in [1.54, 1.807) is 12.1 Å². The van der Waals surface area contributed by atoms with Crippen LogP contribution in [0, 0.1) is 11.8 Å². The summed E-state index contributed by atoms with van der Waals surface area (Å²) in [5, 5.41) is 9.20. The van der Waals surface area contributed by atoms with Crippen molar-refractivity contribution in [2.24, 2.45) is 11.8 Å². The molecule has 0 aliphatic carbocycles. The summed E-state index contributed by atoms with van der Waals surface area (Å²) >= 11 is 0. The summed E-state index contributed by atoms with van der Waals surface area (Å²) < 4.78 is 0. The van der Waals surface area contributed by atoms with Crippen LogP contribution in [-0.4, -0.2) is 24.2 Å². The molecule has 0 spiro atoms. The molecule has 1 fully saturated rings. The van der Waals surface area contributed by atoms with Gasteiger partial charge >= 0.3 is 5.97 Å². The van der Waals surface area contributed by atoms with Crippen molar-refractivity contribution in [1.29, 1.82) is 0 Å². The number of hydrogen-bond donors (Lipinski definition) is 1. The Morgan fingerprint density at radius 2 is 1.82 bits per heavy atom. The normalized spacial score (nSPS) is 24.7. The van der Waals surface area contributed by atoms with E-state index in [9.17, 15) is 9.90 Å². The second kappa shape index (κ2) is 4.78. The molecule has 2 rings (SSSR count). The first-order chi connectivity index (χ1) is 8.08. The smallest absolute Gasteiger partial charge is 0.337 e. The second-order valence-corrected chi connectivity index (χ2v) is 5.17. The van der Waals surface area contributed by atoms with Crippen molar-refractivity contribution in [3.63, 3.8) is 0 Å². The lowest BCUT2D eigenvalue weighted by Gasteiger charge is -2.37. The third-order valence-electron chi connectivity index (χ3n) is 3.34. The van der Waals surface area contributed by atoms with Crippen molar-refractivity contribution in [2.45, 2.75) is 20.3 Å². The average molecular weight is 233 g/mol. The molecule has 0 aromatic heterocycles. The number of carboxylic acid groups (broad SMARTS) is 1. The summed E-state index contributed by atoms with van der Waals surface area (Å²) in [6.07, 6.45) is 1.23. The Kier molecular flexibility index (Phi) is 3.36. The lowest BCUT2D eigenvalue weighted by atomic mass is 9.91. The van der Waals surface area contributed by atoms with Gasteiger partial charge in [-0.2, -0.15) is 0 Å². The van der Waals surface area contributed by atoms with Crippen molar-refractivity contribution in [3.8, 4) is 0 Å². The molecule has 1 aromatic carbocycles. The molecule has 0 unspecified atom stereocenters. The van der Waals surface area contributed by atoms with Crippen molar-refractivity contribution in [2.75, 3.05) is 18.0 Å². The van der Waals surface area contributed by atoms with Crippen LogP contribution in [0.1, 0.15) is 30.6 Å². The van der Waals surface area contributed by atoms with Gasteiger partial charge in [0.1, 0.15) is 0 Å². The van der Waals surface area contributed by atoms with Crippen LogP contribution >= 0.6 is 0 Å². The van der Waals surface area contributed by atoms with E-state index in [4.69, 9.17) is 0 Å². The largest absolute Gasteiger partial charge is 0.478 e. The molecule has 92 valence electrons. The third-order valence-corrected chi connectivity index (χ3v) is 3.34. The maximum absolute atomic E-state index is 11.2. The van der Waals surface area contributed by atoms with E-state index >= 15 is 0 Å². The Bertz CT molecular complexity index is 406. The minimum Gasteiger partial charge on any atom is -0.478 e. The second-order valence-electron chi connectivity index (χ2n) is 5.17. The maximum Gasteiger partial charge on any atom is 0.337 e. The highest BCUT2D eigenvalue weighted by Crippen LogP contribution is 2.28. The summed E-state index contributed by atoms with van der Waals surface area (Å²) in [4.78, 5) is 13.4. The average Bonchev–Trinajstić information content (AvgIpc) is 2.27. The Morgan fingerprint density at radius 3 is 2.41 bits per heavy atom. The first-order valence-electron chi connectivity index (χ1n) is 6.15. The fourth-order valence-electron chi connectivity index (χ4n) is 2.79. The lowest BCUT2D eigenvalue weighted by molar-refractivity contribution is 0.0697. The zero-order chi connectivity index (χ0) is 12.4. The highest BCUT2D eigenvalue weighted by Gasteiger charge is 2.24. The molecule has 1 heterocycles. The lowest BCUT2D eigenvalue weighted by Crippen LogP contribution is -2.39. The van der Waals surface area contributed by atoms with E-state index in [1.807, 2.05) is 12.1 Å². The number of rotatable bonds is 2. The van der Waals surface area contributed by atoms with Gasteiger partial charge in [0.05, 0.1) is 11.3 Å². The van der Waals surface area contributed by atoms with Gasteiger partial charge in [-0.25, -0.2) is 4.79 Å². The summed E-state index contributed by atoms with van der Waals surface area (Å²) in [7, 11) is 0. The number of aromatic carboxylic acids is 1. The number of carbonyl (C=O) groups is 1. The van der Waals surface area contributed by atoms with E-state index in [0.717, 1.165) is 18.8 Å². The van der Waals surface area contributed by atoms with Crippen molar-refractivity contribution in [1.82, 2.24) is 0 Å². The number of benzene rings is 1. The molecule has 0 amide bonds. The molecule has 1 saturated heterocycles. The molecule has 1 N–H and O–H groups in total. The van der Waals surface area contributed by atoms with E-state index in [2.05, 4.69) is 18.7 Å². The van der Waals surface area contributed by atoms with Gasteiger partial charge in [-0.15, -0.1) is 0 Å². The van der Waals surface area contributed by atoms with Gasteiger partial charge in [-0.3, -0.25) is 0 Å². The van der Waals surface area contributed by atoms with Crippen LogP contribution in [0.3, 0.4) is 0 Å². The van der Waals surface area contributed by atoms with Crippen LogP contribution in [0.5, 0.6) is 0 Å². The molecule has 0 radical (unpaired) electrons. The number of nitrogens with zero attached hydrogens (tertiary/aromatic N) is 1. The molecule has 3 nitrogen and oxygen atoms in total. The fraction of sp³-hybridized carbons (Fsp3) is 0.500. The quantitative estimate of drug-likeness (QED) is 0.854. The van der Waals surface area contributed by atoms with Gasteiger partial charge in [0.25, 0.3) is 0 Å². The first kappa shape index (κ1) is 12.0. The van der Waals surface area contributed by atoms with Crippen molar-refractivity contribution in [3.05, 3.63) is 29.8 Å². The summed E-state index contributed by atoms with van der Waals surface area (Å²) in [6, 6.07) is 7.28. The number of hydrogen-bond acceptors (Lipinski definition) is 2. The number of anilines is 1. The zero-order valence-electron chi connectivity index (χ0n) is 10.4. The molecule has 1 aliphatic heterocycles. The van der Waals surface area contributed by atoms with Crippen LogP contribution in [0.25, 0.3) is 0 Å². The summed E-state index contributed by atoms with van der Waals surface area (Å²) in [5.41, 5.74) is 1.27. The summed E-state index contributed by atoms with van der Waals surface area (Å²) in [5.74, 6) is 0.410. The molecule has 17 heavy (non-hydrogen) atoms. The van der Waals surface area contributed by atoms with Crippen molar-refractivity contribution < 1.29 is 9.90 Å². The molecule has 0 saturated carbocycles. The Morgan fingerprint density at radius 1 is 1.24 bits per heavy atom. The number of para-hydroxylation sites is 1. The van der Waals surface area contributed by atoms with E-state index in [1.165, 1.54) is 6.42 Å². The van der Waals surface area contributed by atoms with E-state index in [0.29, 0.717) is 17.4 Å². The maximum atomic E-state index is 11.2. The van der Waals surface area contributed by atoms with Crippen LogP contribution in [0.4, 0.5) is 5.69 Å². The highest BCUT2D eigenvalue weighted by atomic mass is 16.4. The molecular formula is C14H19NO2. The van der Waals surface area contributed by atoms with Crippen LogP contribution < -0.4 is 4.90 Å². The highest BCUT2D eigenvalue weighted by molar-refractivity contribution is 5.94. The molecule has 0 bridgehead atoms. The molecular weight excluding hydrogens is 214 g/mol. The molecule has 2 atom stereocenters. The van der Waals surface area contributed by atoms with Gasteiger partial charge in [-0.05, 0) is 30.4 Å². The van der Waals surface area contributed by atoms with Gasteiger partial charge in [0, 0.05) is 13.1 Å². The van der Waals surface area contributed by atoms with Crippen LogP contribution in [0.2, 0.25) is 0 Å². The standard InChI is InChI=1S/C14H19NO2/c1-10-7-11(2)9-15(8-10)13-6-4-3-5-12(13)14(16)17/h3-6,10-11H,7-9H2,1-2H3,(H,16,17)/t10-,11-/m0/s1. The molecule has 3 heteroatoms. The van der Waals surface area contributed by atoms with Gasteiger partial charge in [0.2, 0.25) is 0 Å². The number of carboxylic acids is 1. The van der Waals surface area contributed by atoms with Gasteiger partial charge in [-0.1, -0.05) is 26.0 Å².